The topological polar surface area (TPSA) is 113 Å². The van der Waals surface area contributed by atoms with Gasteiger partial charge >= 0.3 is 5.97 Å². The molecule has 0 aromatic heterocycles. The molecule has 1 unspecified atom stereocenters. The highest BCUT2D eigenvalue weighted by Gasteiger charge is 2.54. The zero-order valence-corrected chi connectivity index (χ0v) is 33.6. The predicted octanol–water partition coefficient (Wildman–Crippen LogP) is 9.87. The molecule has 3 amide bonds. The first kappa shape index (κ1) is 42.9. The Bertz CT molecular complexity index is 1400. The lowest BCUT2D eigenvalue weighted by atomic mass is 9.80. The van der Waals surface area contributed by atoms with E-state index in [2.05, 4.69) is 24.4 Å². The highest BCUT2D eigenvalue weighted by molar-refractivity contribution is 8.18. The van der Waals surface area contributed by atoms with Crippen molar-refractivity contribution in [3.63, 3.8) is 0 Å². The van der Waals surface area contributed by atoms with Crippen LogP contribution >= 0.6 is 23.5 Å². The summed E-state index contributed by atoms with van der Waals surface area (Å²) < 4.78 is -0.398. The second kappa shape index (κ2) is 23.2. The molecule has 2 aliphatic heterocycles. The molecule has 2 aromatic rings. The number of amides is 3. The van der Waals surface area contributed by atoms with Crippen LogP contribution in [0.4, 0.5) is 0 Å². The molecule has 2 aromatic carbocycles. The average molecular weight is 767 g/mol. The summed E-state index contributed by atoms with van der Waals surface area (Å²) in [6.07, 6.45) is 20.3. The number of hydrogen-bond donors (Lipinski definition) is 2. The third kappa shape index (κ3) is 12.9. The van der Waals surface area contributed by atoms with Crippen molar-refractivity contribution in [3.8, 4) is 0 Å². The Morgan fingerprint density at radius 2 is 1.26 bits per heavy atom. The van der Waals surface area contributed by atoms with Gasteiger partial charge in [-0.15, -0.1) is 28.6 Å². The maximum Gasteiger partial charge on any atom is 0.333 e. The quantitative estimate of drug-likeness (QED) is 0.0759. The molecule has 2 aliphatic rings. The molecule has 8 nitrogen and oxygen atoms in total. The number of carbonyl (C=O) groups excluding carboxylic acids is 4. The van der Waals surface area contributed by atoms with E-state index >= 15 is 0 Å². The zero-order chi connectivity index (χ0) is 37.8. The van der Waals surface area contributed by atoms with Gasteiger partial charge in [0, 0.05) is 31.4 Å². The minimum absolute atomic E-state index is 0.0909. The normalized spacial score (nSPS) is 16.8. The van der Waals surface area contributed by atoms with Crippen molar-refractivity contribution in [1.29, 1.82) is 0 Å². The Labute approximate surface area is 326 Å². The third-order valence-corrected chi connectivity index (χ3v) is 14.0. The molecule has 2 fully saturated rings. The first-order valence-corrected chi connectivity index (χ1v) is 22.3. The molecule has 0 bridgehead atoms. The highest BCUT2D eigenvalue weighted by atomic mass is 32.2. The number of imide groups is 1. The number of hydroxylamine groups is 2. The van der Waals surface area contributed by atoms with E-state index in [1.54, 1.807) is 0 Å². The monoisotopic (exact) mass is 766 g/mol. The molecule has 53 heavy (non-hydrogen) atoms. The Balaban J connectivity index is 1.19. The number of unbranched alkanes of at least 4 members (excludes halogenated alkanes) is 14. The van der Waals surface area contributed by atoms with Gasteiger partial charge in [-0.05, 0) is 60.4 Å². The lowest BCUT2D eigenvalue weighted by molar-refractivity contribution is -0.197. The average Bonchev–Trinajstić information content (AvgIpc) is 3.50. The van der Waals surface area contributed by atoms with Crippen LogP contribution in [0.2, 0.25) is 0 Å². The van der Waals surface area contributed by atoms with Crippen LogP contribution in [0.25, 0.3) is 0 Å². The Morgan fingerprint density at radius 1 is 0.736 bits per heavy atom. The van der Waals surface area contributed by atoms with Crippen LogP contribution in [0.5, 0.6) is 0 Å². The summed E-state index contributed by atoms with van der Waals surface area (Å²) in [7, 11) is 0. The second-order valence-electron chi connectivity index (χ2n) is 14.6. The first-order chi connectivity index (χ1) is 25.8. The van der Waals surface area contributed by atoms with Crippen molar-refractivity contribution in [2.45, 2.75) is 151 Å². The smallest absolute Gasteiger partial charge is 0.333 e. The van der Waals surface area contributed by atoms with Gasteiger partial charge in [-0.2, -0.15) is 0 Å². The van der Waals surface area contributed by atoms with Crippen LogP contribution in [0.3, 0.4) is 0 Å². The second-order valence-corrected chi connectivity index (χ2v) is 17.6. The van der Waals surface area contributed by atoms with Gasteiger partial charge in [0.05, 0.1) is 4.08 Å². The van der Waals surface area contributed by atoms with E-state index in [4.69, 9.17) is 4.84 Å². The summed E-state index contributed by atoms with van der Waals surface area (Å²) in [6, 6.07) is 17.8. The Hall–Kier alpha value is -2.82. The van der Waals surface area contributed by atoms with Gasteiger partial charge in [0.2, 0.25) is 0 Å². The number of nitrogens with one attached hydrogen (secondary N) is 1. The first-order valence-electron chi connectivity index (χ1n) is 20.3. The fourth-order valence-electron chi connectivity index (χ4n) is 7.31. The van der Waals surface area contributed by atoms with Gasteiger partial charge in [-0.1, -0.05) is 139 Å². The van der Waals surface area contributed by atoms with Crippen molar-refractivity contribution in [2.75, 3.05) is 18.1 Å². The lowest BCUT2D eigenvalue weighted by Crippen LogP contribution is -2.49. The fraction of sp³-hybridized carbons (Fsp3) is 0.628. The van der Waals surface area contributed by atoms with Crippen molar-refractivity contribution in [2.24, 2.45) is 0 Å². The molecular weight excluding hydrogens is 705 g/mol. The molecule has 0 saturated carbocycles. The summed E-state index contributed by atoms with van der Waals surface area (Å²) in [5, 5.41) is 16.7. The van der Waals surface area contributed by atoms with E-state index in [0.717, 1.165) is 86.8 Å². The van der Waals surface area contributed by atoms with Gasteiger partial charge in [0.1, 0.15) is 5.60 Å². The lowest BCUT2D eigenvalue weighted by Gasteiger charge is -2.49. The zero-order valence-electron chi connectivity index (χ0n) is 31.9. The number of hydrogen-bond acceptors (Lipinski definition) is 8. The van der Waals surface area contributed by atoms with E-state index in [0.29, 0.717) is 23.6 Å². The van der Waals surface area contributed by atoms with Gasteiger partial charge < -0.3 is 15.3 Å². The summed E-state index contributed by atoms with van der Waals surface area (Å²) in [5.74, 6) is 0.548. The van der Waals surface area contributed by atoms with E-state index in [1.165, 1.54) is 44.9 Å². The van der Waals surface area contributed by atoms with Crippen molar-refractivity contribution < 1.29 is 29.1 Å². The molecule has 1 atom stereocenters. The van der Waals surface area contributed by atoms with Gasteiger partial charge in [-0.3, -0.25) is 14.4 Å². The molecular formula is C43H62N2O6S2. The van der Waals surface area contributed by atoms with Crippen molar-refractivity contribution >= 4 is 47.2 Å². The van der Waals surface area contributed by atoms with E-state index in [-0.39, 0.29) is 25.2 Å². The Kier molecular flexibility index (Phi) is 18.8. The van der Waals surface area contributed by atoms with Gasteiger partial charge in [0.15, 0.2) is 0 Å². The van der Waals surface area contributed by atoms with E-state index < -0.39 is 27.5 Å². The molecule has 4 rings (SSSR count). The van der Waals surface area contributed by atoms with Crippen molar-refractivity contribution in [3.05, 3.63) is 71.3 Å². The standard InChI is InChI=1S/C43H62N2O6S2/c1-2-3-4-5-6-10-13-19-31-42(52-33-21-34-53-42)43(50,36-22-16-15-17-23-36)37-27-25-35(26-28-37)41(49)44-32-20-14-11-8-7-9-12-18-24-40(48)51-45-38(46)29-30-39(45)47/h15-17,22-23,25-28,50H,2-14,18-21,24,29-34H2,1H3,(H,44,49). The number of nitrogens with zero attached hydrogens (tertiary/aromatic N) is 1. The van der Waals surface area contributed by atoms with Gasteiger partial charge in [0.25, 0.3) is 17.7 Å². The minimum atomic E-state index is -1.19. The minimum Gasteiger partial charge on any atom is -0.378 e. The fourth-order valence-corrected chi connectivity index (χ4v) is 11.0. The summed E-state index contributed by atoms with van der Waals surface area (Å²) in [5.41, 5.74) is 1.17. The van der Waals surface area contributed by atoms with Crippen LogP contribution in [-0.2, 0) is 24.8 Å². The maximum atomic E-state index is 13.1. The van der Waals surface area contributed by atoms with Crippen LogP contribution < -0.4 is 5.32 Å². The summed E-state index contributed by atoms with van der Waals surface area (Å²) in [4.78, 5) is 53.0. The molecule has 0 radical (unpaired) electrons. The molecule has 0 aliphatic carbocycles. The maximum absolute atomic E-state index is 13.1. The third-order valence-electron chi connectivity index (χ3n) is 10.4. The number of carbonyl (C=O) groups is 4. The Morgan fingerprint density at radius 3 is 1.87 bits per heavy atom. The molecule has 292 valence electrons. The summed E-state index contributed by atoms with van der Waals surface area (Å²) >= 11 is 3.84. The molecule has 2 heterocycles. The van der Waals surface area contributed by atoms with Crippen molar-refractivity contribution in [1.82, 2.24) is 10.4 Å². The largest absolute Gasteiger partial charge is 0.378 e. The molecule has 0 spiro atoms. The van der Waals surface area contributed by atoms with Crippen LogP contribution in [0, 0.1) is 0 Å². The highest BCUT2D eigenvalue weighted by Crippen LogP contribution is 2.58. The number of aliphatic hydroxyl groups is 1. The van der Waals surface area contributed by atoms with Crippen LogP contribution in [-0.4, -0.2) is 56.0 Å². The van der Waals surface area contributed by atoms with E-state index in [1.807, 2.05) is 66.0 Å². The molecule has 2 saturated heterocycles. The van der Waals surface area contributed by atoms with Gasteiger partial charge in [-0.25, -0.2) is 4.79 Å². The number of thioether (sulfide) groups is 2. The van der Waals surface area contributed by atoms with Crippen LogP contribution in [0.15, 0.2) is 54.6 Å². The summed E-state index contributed by atoms with van der Waals surface area (Å²) in [6.45, 7) is 2.88. The predicted molar refractivity (Wildman–Crippen MR) is 216 cm³/mol. The SMILES string of the molecule is CCCCCCCCCCC1(C(O)(c2ccccc2)c2ccc(C(=O)NCCCCCCCCCCC(=O)ON3C(=O)CCC3=O)cc2)SCCCS1. The number of benzene rings is 2. The molecule has 10 heteroatoms. The van der Waals surface area contributed by atoms with Crippen LogP contribution in [0.1, 0.15) is 163 Å². The number of rotatable bonds is 25. The molecule has 2 N–H and O–H groups in total. The van der Waals surface area contributed by atoms with E-state index in [9.17, 15) is 24.3 Å².